The van der Waals surface area contributed by atoms with Gasteiger partial charge in [-0.3, -0.25) is 0 Å². The quantitative estimate of drug-likeness (QED) is 0.818. The van der Waals surface area contributed by atoms with Crippen LogP contribution in [-0.4, -0.2) is 46.4 Å². The van der Waals surface area contributed by atoms with Crippen molar-refractivity contribution < 1.29 is 21.9 Å². The van der Waals surface area contributed by atoms with Gasteiger partial charge in [0.2, 0.25) is 10.0 Å². The maximum Gasteiger partial charge on any atom is 0.252 e. The van der Waals surface area contributed by atoms with Crippen molar-refractivity contribution in [1.82, 2.24) is 4.31 Å². The summed E-state index contributed by atoms with van der Waals surface area (Å²) in [5.74, 6) is 0.490. The van der Waals surface area contributed by atoms with Crippen molar-refractivity contribution in [3.05, 3.63) is 23.8 Å². The van der Waals surface area contributed by atoms with Gasteiger partial charge in [-0.25, -0.2) is 17.2 Å². The summed E-state index contributed by atoms with van der Waals surface area (Å²) in [7, 11) is -1.39. The summed E-state index contributed by atoms with van der Waals surface area (Å²) in [4.78, 5) is -0.0214. The second kappa shape index (κ2) is 6.96. The predicted molar refractivity (Wildman–Crippen MR) is 71.6 cm³/mol. The molecule has 2 N–H and O–H groups in total. The van der Waals surface area contributed by atoms with Gasteiger partial charge in [-0.05, 0) is 36.7 Å². The summed E-state index contributed by atoms with van der Waals surface area (Å²) in [5.41, 5.74) is 5.90. The lowest BCUT2D eigenvalue weighted by Crippen LogP contribution is -2.32. The lowest BCUT2D eigenvalue weighted by molar-refractivity contribution is 0.126. The Labute approximate surface area is 117 Å². The van der Waals surface area contributed by atoms with E-state index in [9.17, 15) is 17.2 Å². The number of hydrogen-bond donors (Lipinski definition) is 1. The summed E-state index contributed by atoms with van der Waals surface area (Å²) in [6, 6.07) is 4.38. The van der Waals surface area contributed by atoms with E-state index in [0.717, 1.165) is 7.05 Å². The summed E-state index contributed by atoms with van der Waals surface area (Å²) < 4.78 is 54.9. The Balaban J connectivity index is 3.22. The molecule has 0 unspecified atom stereocenters. The molecule has 0 bridgehead atoms. The number of benzene rings is 1. The minimum absolute atomic E-state index is 0.0214. The molecule has 1 aromatic rings. The lowest BCUT2D eigenvalue weighted by atomic mass is 10.1. The first-order valence-corrected chi connectivity index (χ1v) is 7.38. The molecule has 0 heterocycles. The van der Waals surface area contributed by atoms with E-state index in [4.69, 9.17) is 10.5 Å². The Morgan fingerprint density at radius 3 is 2.55 bits per heavy atom. The average Bonchev–Trinajstić information content (AvgIpc) is 2.37. The zero-order valence-corrected chi connectivity index (χ0v) is 12.2. The molecular weight excluding hydrogens is 290 g/mol. The molecule has 0 aliphatic rings. The highest BCUT2D eigenvalue weighted by Gasteiger charge is 2.26. The van der Waals surface area contributed by atoms with Crippen LogP contribution in [0.5, 0.6) is 5.75 Å². The van der Waals surface area contributed by atoms with Crippen LogP contribution in [0.25, 0.3) is 0 Å². The standard InChI is InChI=1S/C12H18F2N2O3S/c1-16(8-12(13)14)20(17,18)11-4-3-10(19-2)7-9(11)5-6-15/h3-4,7,12H,5-6,8,15H2,1-2H3. The highest BCUT2D eigenvalue weighted by molar-refractivity contribution is 7.89. The van der Waals surface area contributed by atoms with Gasteiger partial charge < -0.3 is 10.5 Å². The molecule has 1 aromatic carbocycles. The van der Waals surface area contributed by atoms with Crippen LogP contribution in [-0.2, 0) is 16.4 Å². The first kappa shape index (κ1) is 16.8. The van der Waals surface area contributed by atoms with E-state index >= 15 is 0 Å². The van der Waals surface area contributed by atoms with E-state index in [2.05, 4.69) is 0 Å². The molecule has 0 radical (unpaired) electrons. The van der Waals surface area contributed by atoms with Crippen molar-refractivity contribution >= 4 is 10.0 Å². The van der Waals surface area contributed by atoms with Gasteiger partial charge in [0.25, 0.3) is 6.43 Å². The van der Waals surface area contributed by atoms with Gasteiger partial charge >= 0.3 is 0 Å². The monoisotopic (exact) mass is 308 g/mol. The minimum atomic E-state index is -3.97. The molecule has 0 aliphatic carbocycles. The normalized spacial score (nSPS) is 12.2. The molecule has 0 aliphatic heterocycles. The molecule has 0 spiro atoms. The van der Waals surface area contributed by atoms with Gasteiger partial charge in [-0.2, -0.15) is 4.31 Å². The van der Waals surface area contributed by atoms with E-state index < -0.39 is 23.0 Å². The number of ether oxygens (including phenoxy) is 1. The molecule has 0 atom stereocenters. The third kappa shape index (κ3) is 3.87. The zero-order chi connectivity index (χ0) is 15.3. The number of nitrogens with two attached hydrogens (primary N) is 1. The van der Waals surface area contributed by atoms with E-state index in [1.807, 2.05) is 0 Å². The SMILES string of the molecule is COc1ccc(S(=O)(=O)N(C)CC(F)F)c(CCN)c1. The average molecular weight is 308 g/mol. The molecule has 1 rings (SSSR count). The number of hydrogen-bond acceptors (Lipinski definition) is 4. The van der Waals surface area contributed by atoms with Crippen molar-refractivity contribution in [2.75, 3.05) is 27.2 Å². The number of halogens is 2. The Kier molecular flexibility index (Phi) is 5.85. The second-order valence-electron chi connectivity index (χ2n) is 4.19. The van der Waals surface area contributed by atoms with Crippen LogP contribution in [0, 0.1) is 0 Å². The predicted octanol–water partition coefficient (Wildman–Crippen LogP) is 1.08. The Bertz CT molecular complexity index is 550. The molecule has 0 saturated carbocycles. The van der Waals surface area contributed by atoms with Crippen molar-refractivity contribution in [3.63, 3.8) is 0 Å². The molecule has 114 valence electrons. The van der Waals surface area contributed by atoms with E-state index in [0.29, 0.717) is 22.0 Å². The fourth-order valence-corrected chi connectivity index (χ4v) is 3.12. The minimum Gasteiger partial charge on any atom is -0.497 e. The first-order valence-electron chi connectivity index (χ1n) is 5.94. The van der Waals surface area contributed by atoms with Crippen LogP contribution in [0.15, 0.2) is 23.1 Å². The summed E-state index contributed by atoms with van der Waals surface area (Å²) in [5, 5.41) is 0. The molecule has 0 saturated heterocycles. The van der Waals surface area contributed by atoms with Crippen LogP contribution in [0.1, 0.15) is 5.56 Å². The second-order valence-corrected chi connectivity index (χ2v) is 6.20. The van der Waals surface area contributed by atoms with Crippen molar-refractivity contribution in [1.29, 1.82) is 0 Å². The van der Waals surface area contributed by atoms with Gasteiger partial charge in [-0.1, -0.05) is 0 Å². The molecule has 0 amide bonds. The highest BCUT2D eigenvalue weighted by Crippen LogP contribution is 2.24. The van der Waals surface area contributed by atoms with Gasteiger partial charge in [0.05, 0.1) is 18.6 Å². The number of rotatable bonds is 7. The lowest BCUT2D eigenvalue weighted by Gasteiger charge is -2.19. The van der Waals surface area contributed by atoms with Crippen LogP contribution in [0.4, 0.5) is 8.78 Å². The molecule has 0 fully saturated rings. The van der Waals surface area contributed by atoms with Crippen LogP contribution >= 0.6 is 0 Å². The fraction of sp³-hybridized carbons (Fsp3) is 0.500. The molecule has 5 nitrogen and oxygen atoms in total. The summed E-state index contributed by atoms with van der Waals surface area (Å²) >= 11 is 0. The van der Waals surface area contributed by atoms with E-state index in [-0.39, 0.29) is 11.4 Å². The largest absolute Gasteiger partial charge is 0.497 e. The molecule has 20 heavy (non-hydrogen) atoms. The molecular formula is C12H18F2N2O3S. The van der Waals surface area contributed by atoms with Gasteiger partial charge in [0, 0.05) is 7.05 Å². The van der Waals surface area contributed by atoms with E-state index in [1.165, 1.54) is 19.2 Å². The summed E-state index contributed by atoms with van der Waals surface area (Å²) in [6.07, 6.45) is -2.42. The van der Waals surface area contributed by atoms with Gasteiger partial charge in [0.15, 0.2) is 0 Å². The molecule has 0 aromatic heterocycles. The third-order valence-electron chi connectivity index (χ3n) is 2.76. The van der Waals surface area contributed by atoms with Crippen LogP contribution in [0.3, 0.4) is 0 Å². The number of sulfonamides is 1. The van der Waals surface area contributed by atoms with Crippen LogP contribution < -0.4 is 10.5 Å². The topological polar surface area (TPSA) is 72.6 Å². The third-order valence-corrected chi connectivity index (χ3v) is 4.69. The maximum atomic E-state index is 12.4. The number of alkyl halides is 2. The Morgan fingerprint density at radius 1 is 1.40 bits per heavy atom. The summed E-state index contributed by atoms with van der Waals surface area (Å²) in [6.45, 7) is -0.606. The maximum absolute atomic E-state index is 12.4. The van der Waals surface area contributed by atoms with Crippen molar-refractivity contribution in [2.45, 2.75) is 17.7 Å². The smallest absolute Gasteiger partial charge is 0.252 e. The van der Waals surface area contributed by atoms with Gasteiger partial charge in [0.1, 0.15) is 5.75 Å². The fourth-order valence-electron chi connectivity index (χ4n) is 1.75. The first-order chi connectivity index (χ1) is 9.32. The number of methoxy groups -OCH3 is 1. The van der Waals surface area contributed by atoms with Gasteiger partial charge in [-0.15, -0.1) is 0 Å². The van der Waals surface area contributed by atoms with Crippen molar-refractivity contribution in [3.8, 4) is 5.75 Å². The molecule has 8 heteroatoms. The van der Waals surface area contributed by atoms with Crippen LogP contribution in [0.2, 0.25) is 0 Å². The number of nitrogens with zero attached hydrogens (tertiary/aromatic N) is 1. The van der Waals surface area contributed by atoms with E-state index in [1.54, 1.807) is 6.07 Å². The highest BCUT2D eigenvalue weighted by atomic mass is 32.2. The zero-order valence-electron chi connectivity index (χ0n) is 11.3. The Morgan fingerprint density at radius 2 is 2.05 bits per heavy atom. The van der Waals surface area contributed by atoms with Crippen molar-refractivity contribution in [2.24, 2.45) is 5.73 Å². The Hall–Kier alpha value is -1.25.